The molecular formula is C16H26N4O4. The molecule has 1 unspecified atom stereocenters. The van der Waals surface area contributed by atoms with Crippen LogP contribution in [0.4, 0.5) is 0 Å². The molecule has 0 aromatic carbocycles. The highest BCUT2D eigenvalue weighted by Gasteiger charge is 2.25. The van der Waals surface area contributed by atoms with Crippen molar-refractivity contribution in [1.82, 2.24) is 19.4 Å². The summed E-state index contributed by atoms with van der Waals surface area (Å²) >= 11 is 0. The van der Waals surface area contributed by atoms with Crippen LogP contribution in [0.5, 0.6) is 0 Å². The maximum atomic E-state index is 12.0. The summed E-state index contributed by atoms with van der Waals surface area (Å²) in [6, 6.07) is 1.49. The summed E-state index contributed by atoms with van der Waals surface area (Å²) in [5.41, 5.74) is 0.0467. The van der Waals surface area contributed by atoms with Gasteiger partial charge in [0, 0.05) is 44.9 Å². The van der Waals surface area contributed by atoms with Gasteiger partial charge in [-0.05, 0) is 32.9 Å². The van der Waals surface area contributed by atoms with Crippen LogP contribution in [0, 0.1) is 5.92 Å². The van der Waals surface area contributed by atoms with Crippen LogP contribution in [0.2, 0.25) is 0 Å². The molecule has 1 atom stereocenters. The zero-order chi connectivity index (χ0) is 17.9. The highest BCUT2D eigenvalue weighted by atomic mass is 16.3. The number of piperidine rings is 1. The van der Waals surface area contributed by atoms with E-state index in [0.29, 0.717) is 12.2 Å². The van der Waals surface area contributed by atoms with Gasteiger partial charge in [0.25, 0.3) is 5.56 Å². The number of aliphatic hydroxyl groups excluding tert-OH is 1. The van der Waals surface area contributed by atoms with Gasteiger partial charge in [0.05, 0.1) is 6.10 Å². The minimum Gasteiger partial charge on any atom is -0.392 e. The molecule has 1 aliphatic heterocycles. The highest BCUT2D eigenvalue weighted by Crippen LogP contribution is 2.18. The quantitative estimate of drug-likeness (QED) is 0.702. The Morgan fingerprint density at radius 2 is 1.92 bits per heavy atom. The third kappa shape index (κ3) is 4.33. The summed E-state index contributed by atoms with van der Waals surface area (Å²) in [6.07, 6.45) is 0.908. The molecule has 1 fully saturated rings. The summed E-state index contributed by atoms with van der Waals surface area (Å²) in [7, 11) is 3.12. The second-order valence-electron chi connectivity index (χ2n) is 6.52. The van der Waals surface area contributed by atoms with Crippen LogP contribution in [-0.4, -0.2) is 50.8 Å². The molecule has 8 nitrogen and oxygen atoms in total. The number of nitrogens with zero attached hydrogens (tertiary/aromatic N) is 3. The van der Waals surface area contributed by atoms with E-state index < -0.39 is 6.10 Å². The van der Waals surface area contributed by atoms with E-state index in [2.05, 4.69) is 10.2 Å². The average Bonchev–Trinajstić information content (AvgIpc) is 2.56. The van der Waals surface area contributed by atoms with Crippen LogP contribution < -0.4 is 16.6 Å². The molecule has 134 valence electrons. The van der Waals surface area contributed by atoms with Gasteiger partial charge in [-0.15, -0.1) is 0 Å². The Bertz CT molecular complexity index is 699. The smallest absolute Gasteiger partial charge is 0.330 e. The lowest BCUT2D eigenvalue weighted by Gasteiger charge is -2.31. The number of rotatable bonds is 5. The second kappa shape index (κ2) is 7.76. The molecule has 0 spiro atoms. The number of aliphatic hydroxyl groups is 1. The molecule has 1 amide bonds. The standard InChI is InChI=1S/C16H26N4O4/c1-11(21)9-17-15(23)12-4-6-20(7-5-12)10-13-8-14(22)19(3)16(24)18(13)2/h8,11-12,21H,4-7,9-10H2,1-3H3,(H,17,23). The van der Waals surface area contributed by atoms with Crippen molar-refractivity contribution in [1.29, 1.82) is 0 Å². The molecule has 2 N–H and O–H groups in total. The number of amides is 1. The van der Waals surface area contributed by atoms with Gasteiger partial charge >= 0.3 is 5.69 Å². The van der Waals surface area contributed by atoms with E-state index in [1.54, 1.807) is 14.0 Å². The molecular weight excluding hydrogens is 312 g/mol. The van der Waals surface area contributed by atoms with Crippen LogP contribution in [0.15, 0.2) is 15.7 Å². The molecule has 1 saturated heterocycles. The van der Waals surface area contributed by atoms with Crippen molar-refractivity contribution in [2.75, 3.05) is 19.6 Å². The van der Waals surface area contributed by atoms with Crippen molar-refractivity contribution >= 4 is 5.91 Å². The molecule has 1 aromatic heterocycles. The van der Waals surface area contributed by atoms with Gasteiger partial charge < -0.3 is 10.4 Å². The predicted octanol–water partition coefficient (Wildman–Crippen LogP) is -1.21. The van der Waals surface area contributed by atoms with Crippen molar-refractivity contribution in [3.05, 3.63) is 32.6 Å². The van der Waals surface area contributed by atoms with Gasteiger partial charge in [0.15, 0.2) is 0 Å². The monoisotopic (exact) mass is 338 g/mol. The Hall–Kier alpha value is -1.93. The first kappa shape index (κ1) is 18.4. The lowest BCUT2D eigenvalue weighted by Crippen LogP contribution is -2.43. The second-order valence-corrected chi connectivity index (χ2v) is 6.52. The number of carbonyl (C=O) groups excluding carboxylic acids is 1. The number of nitrogens with one attached hydrogen (secondary N) is 1. The molecule has 2 rings (SSSR count). The number of hydrogen-bond acceptors (Lipinski definition) is 5. The lowest BCUT2D eigenvalue weighted by molar-refractivity contribution is -0.126. The molecule has 1 aliphatic rings. The fraction of sp³-hybridized carbons (Fsp3) is 0.688. The third-order valence-corrected chi connectivity index (χ3v) is 4.54. The summed E-state index contributed by atoms with van der Waals surface area (Å²) in [5, 5.41) is 12.0. The van der Waals surface area contributed by atoms with Gasteiger partial charge in [-0.1, -0.05) is 0 Å². The number of aromatic nitrogens is 2. The van der Waals surface area contributed by atoms with Crippen molar-refractivity contribution in [2.45, 2.75) is 32.4 Å². The van der Waals surface area contributed by atoms with Crippen LogP contribution in [0.3, 0.4) is 0 Å². The minimum atomic E-state index is -0.545. The van der Waals surface area contributed by atoms with E-state index in [4.69, 9.17) is 0 Å². The SMILES string of the molecule is CC(O)CNC(=O)C1CCN(Cc2cc(=O)n(C)c(=O)n2C)CC1. The first-order valence-electron chi connectivity index (χ1n) is 8.23. The van der Waals surface area contributed by atoms with Crippen molar-refractivity contribution in [3.63, 3.8) is 0 Å². The van der Waals surface area contributed by atoms with E-state index in [1.807, 2.05) is 0 Å². The van der Waals surface area contributed by atoms with E-state index >= 15 is 0 Å². The number of likely N-dealkylation sites (tertiary alicyclic amines) is 1. The fourth-order valence-corrected chi connectivity index (χ4v) is 2.91. The Kier molecular flexibility index (Phi) is 5.95. The Balaban J connectivity index is 1.93. The molecule has 0 saturated carbocycles. The maximum Gasteiger partial charge on any atom is 0.330 e. The summed E-state index contributed by atoms with van der Waals surface area (Å²) in [6.45, 7) is 3.89. The molecule has 1 aromatic rings. The summed E-state index contributed by atoms with van der Waals surface area (Å²) in [5.74, 6) is -0.0657. The molecule has 8 heteroatoms. The van der Waals surface area contributed by atoms with Crippen molar-refractivity contribution in [2.24, 2.45) is 20.0 Å². The fourth-order valence-electron chi connectivity index (χ4n) is 2.91. The van der Waals surface area contributed by atoms with Gasteiger partial charge in [-0.2, -0.15) is 0 Å². The van der Waals surface area contributed by atoms with Crippen LogP contribution in [0.1, 0.15) is 25.5 Å². The molecule has 0 radical (unpaired) electrons. The van der Waals surface area contributed by atoms with Crippen molar-refractivity contribution in [3.8, 4) is 0 Å². The Morgan fingerprint density at radius 3 is 2.50 bits per heavy atom. The minimum absolute atomic E-state index is 0.0171. The molecule has 0 aliphatic carbocycles. The number of hydrogen-bond donors (Lipinski definition) is 2. The predicted molar refractivity (Wildman–Crippen MR) is 89.6 cm³/mol. The molecule has 0 bridgehead atoms. The normalized spacial score (nSPS) is 17.7. The molecule has 24 heavy (non-hydrogen) atoms. The number of carbonyl (C=O) groups is 1. The van der Waals surface area contributed by atoms with Crippen LogP contribution in [-0.2, 0) is 25.4 Å². The van der Waals surface area contributed by atoms with Gasteiger partial charge in [-0.3, -0.25) is 23.6 Å². The zero-order valence-electron chi connectivity index (χ0n) is 14.5. The van der Waals surface area contributed by atoms with E-state index in [9.17, 15) is 19.5 Å². The lowest BCUT2D eigenvalue weighted by atomic mass is 9.95. The van der Waals surface area contributed by atoms with Gasteiger partial charge in [-0.25, -0.2) is 4.79 Å². The maximum absolute atomic E-state index is 12.0. The largest absolute Gasteiger partial charge is 0.392 e. The summed E-state index contributed by atoms with van der Waals surface area (Å²) < 4.78 is 2.57. The molecule has 2 heterocycles. The van der Waals surface area contributed by atoms with E-state index in [0.717, 1.165) is 30.5 Å². The van der Waals surface area contributed by atoms with Crippen LogP contribution in [0.25, 0.3) is 0 Å². The van der Waals surface area contributed by atoms with Gasteiger partial charge in [0.1, 0.15) is 0 Å². The summed E-state index contributed by atoms with van der Waals surface area (Å²) in [4.78, 5) is 37.9. The Morgan fingerprint density at radius 1 is 1.29 bits per heavy atom. The highest BCUT2D eigenvalue weighted by molar-refractivity contribution is 5.78. The van der Waals surface area contributed by atoms with Crippen LogP contribution >= 0.6 is 0 Å². The first-order chi connectivity index (χ1) is 11.3. The first-order valence-corrected chi connectivity index (χ1v) is 8.23. The zero-order valence-corrected chi connectivity index (χ0v) is 14.5. The topological polar surface area (TPSA) is 96.6 Å². The Labute approximate surface area is 140 Å². The van der Waals surface area contributed by atoms with Crippen molar-refractivity contribution < 1.29 is 9.90 Å². The third-order valence-electron chi connectivity index (χ3n) is 4.54. The van der Waals surface area contributed by atoms with E-state index in [-0.39, 0.29) is 29.6 Å². The average molecular weight is 338 g/mol. The van der Waals surface area contributed by atoms with Gasteiger partial charge in [0.2, 0.25) is 5.91 Å². The van der Waals surface area contributed by atoms with E-state index in [1.165, 1.54) is 17.7 Å².